The number of likely N-dealkylation sites (tertiary alicyclic amines) is 1. The lowest BCUT2D eigenvalue weighted by Crippen LogP contribution is -2.44. The number of thiazole rings is 1. The second-order valence-electron chi connectivity index (χ2n) is 7.86. The number of para-hydroxylation sites is 1. The molecule has 0 unspecified atom stereocenters. The maximum atomic E-state index is 12.6. The fourth-order valence-corrected chi connectivity index (χ4v) is 5.26. The summed E-state index contributed by atoms with van der Waals surface area (Å²) in [6, 6.07) is 12.7. The van der Waals surface area contributed by atoms with Crippen LogP contribution in [-0.4, -0.2) is 48.1 Å². The van der Waals surface area contributed by atoms with Crippen LogP contribution in [0.4, 0.5) is 10.5 Å². The predicted octanol–water partition coefficient (Wildman–Crippen LogP) is 3.94. The van der Waals surface area contributed by atoms with Gasteiger partial charge in [-0.15, -0.1) is 11.3 Å². The van der Waals surface area contributed by atoms with Gasteiger partial charge in [0.15, 0.2) is 11.5 Å². The first-order valence-electron chi connectivity index (χ1n) is 10.8. The Morgan fingerprint density at radius 3 is 2.81 bits per heavy atom. The molecule has 0 radical (unpaired) electrons. The van der Waals surface area contributed by atoms with Gasteiger partial charge in [-0.3, -0.25) is 15.0 Å². The van der Waals surface area contributed by atoms with E-state index in [9.17, 15) is 9.59 Å². The van der Waals surface area contributed by atoms with Crippen LogP contribution in [0.1, 0.15) is 30.3 Å². The van der Waals surface area contributed by atoms with Crippen molar-refractivity contribution in [3.05, 3.63) is 47.5 Å². The third kappa shape index (κ3) is 4.53. The summed E-state index contributed by atoms with van der Waals surface area (Å²) in [5, 5.41) is 6.15. The summed E-state index contributed by atoms with van der Waals surface area (Å²) >= 11 is 1.68. The largest absolute Gasteiger partial charge is 0.486 e. The minimum Gasteiger partial charge on any atom is -0.486 e. The maximum Gasteiger partial charge on any atom is 0.325 e. The quantitative estimate of drug-likeness (QED) is 0.623. The van der Waals surface area contributed by atoms with Crippen molar-refractivity contribution in [1.82, 2.24) is 15.2 Å². The van der Waals surface area contributed by atoms with Gasteiger partial charge >= 0.3 is 6.03 Å². The van der Waals surface area contributed by atoms with E-state index >= 15 is 0 Å². The second-order valence-corrected chi connectivity index (χ2v) is 8.92. The number of ether oxygens (including phenoxy) is 2. The zero-order valence-corrected chi connectivity index (χ0v) is 18.3. The van der Waals surface area contributed by atoms with E-state index in [0.29, 0.717) is 30.4 Å². The fourth-order valence-electron chi connectivity index (χ4n) is 4.13. The highest BCUT2D eigenvalue weighted by Gasteiger charge is 2.28. The standard InChI is InChI=1S/C23H24N4O4S/c28-21(26-23(29)24-15-8-9-18-19(13-15)31-12-11-30-18)14-27-10-4-3-6-17(27)22-25-16-5-1-2-7-20(16)32-22/h1-2,5,7-9,13,17H,3-4,6,10-12,14H2,(H2,24,26,28,29)/t17-/m1/s1. The van der Waals surface area contributed by atoms with Crippen LogP contribution < -0.4 is 20.1 Å². The van der Waals surface area contributed by atoms with Gasteiger partial charge in [0.1, 0.15) is 18.2 Å². The Morgan fingerprint density at radius 2 is 1.94 bits per heavy atom. The van der Waals surface area contributed by atoms with Crippen molar-refractivity contribution in [2.75, 3.05) is 31.6 Å². The van der Waals surface area contributed by atoms with Gasteiger partial charge in [0.2, 0.25) is 5.91 Å². The number of piperidine rings is 1. The average molecular weight is 453 g/mol. The van der Waals surface area contributed by atoms with E-state index in [2.05, 4.69) is 21.6 Å². The summed E-state index contributed by atoms with van der Waals surface area (Å²) in [5.74, 6) is 0.879. The van der Waals surface area contributed by atoms with Crippen LogP contribution >= 0.6 is 11.3 Å². The van der Waals surface area contributed by atoms with Crippen LogP contribution in [-0.2, 0) is 4.79 Å². The Labute approximate surface area is 189 Å². The Kier molecular flexibility index (Phi) is 5.91. The number of anilines is 1. The minimum atomic E-state index is -0.569. The molecule has 2 N–H and O–H groups in total. The number of urea groups is 1. The Hall–Kier alpha value is -3.17. The van der Waals surface area contributed by atoms with Gasteiger partial charge in [0, 0.05) is 11.8 Å². The van der Waals surface area contributed by atoms with Crippen LogP contribution in [0.3, 0.4) is 0 Å². The summed E-state index contributed by atoms with van der Waals surface area (Å²) in [4.78, 5) is 31.9. The minimum absolute atomic E-state index is 0.0905. The molecule has 1 saturated heterocycles. The highest BCUT2D eigenvalue weighted by molar-refractivity contribution is 7.18. The molecular weight excluding hydrogens is 428 g/mol. The average Bonchev–Trinajstić information content (AvgIpc) is 3.23. The van der Waals surface area contributed by atoms with E-state index in [1.807, 2.05) is 18.2 Å². The first kappa shape index (κ1) is 20.7. The molecule has 3 amide bonds. The number of amides is 3. The van der Waals surface area contributed by atoms with Gasteiger partial charge in [0.05, 0.1) is 22.8 Å². The number of carbonyl (C=O) groups is 2. The smallest absolute Gasteiger partial charge is 0.325 e. The van der Waals surface area contributed by atoms with E-state index in [4.69, 9.17) is 14.5 Å². The van der Waals surface area contributed by atoms with Gasteiger partial charge in [-0.25, -0.2) is 9.78 Å². The number of rotatable bonds is 4. The molecule has 32 heavy (non-hydrogen) atoms. The highest BCUT2D eigenvalue weighted by atomic mass is 32.1. The molecule has 5 rings (SSSR count). The lowest BCUT2D eigenvalue weighted by atomic mass is 10.0. The molecule has 1 atom stereocenters. The number of fused-ring (bicyclic) bond motifs is 2. The van der Waals surface area contributed by atoms with Crippen molar-refractivity contribution < 1.29 is 19.1 Å². The lowest BCUT2D eigenvalue weighted by Gasteiger charge is -2.33. The summed E-state index contributed by atoms with van der Waals surface area (Å²) < 4.78 is 12.2. The molecule has 3 aromatic rings. The molecule has 9 heteroatoms. The van der Waals surface area contributed by atoms with E-state index in [-0.39, 0.29) is 18.5 Å². The molecular formula is C23H24N4O4S. The van der Waals surface area contributed by atoms with Gasteiger partial charge in [-0.05, 0) is 43.7 Å². The highest BCUT2D eigenvalue weighted by Crippen LogP contribution is 2.35. The van der Waals surface area contributed by atoms with Crippen molar-refractivity contribution in [3.8, 4) is 11.5 Å². The summed E-state index contributed by atoms with van der Waals surface area (Å²) in [6.07, 6.45) is 3.08. The predicted molar refractivity (Wildman–Crippen MR) is 122 cm³/mol. The summed E-state index contributed by atoms with van der Waals surface area (Å²) in [6.45, 7) is 1.92. The topological polar surface area (TPSA) is 92.8 Å². The summed E-state index contributed by atoms with van der Waals surface area (Å²) in [5.41, 5.74) is 1.52. The number of benzene rings is 2. The van der Waals surface area contributed by atoms with E-state index in [1.54, 1.807) is 29.5 Å². The Morgan fingerprint density at radius 1 is 1.09 bits per heavy atom. The third-order valence-corrected chi connectivity index (χ3v) is 6.75. The van der Waals surface area contributed by atoms with E-state index in [0.717, 1.165) is 41.0 Å². The zero-order valence-electron chi connectivity index (χ0n) is 17.5. The van der Waals surface area contributed by atoms with Crippen LogP contribution in [0.5, 0.6) is 11.5 Å². The Balaban J connectivity index is 1.21. The molecule has 3 heterocycles. The monoisotopic (exact) mass is 452 g/mol. The maximum absolute atomic E-state index is 12.6. The van der Waals surface area contributed by atoms with E-state index in [1.165, 1.54) is 0 Å². The number of aromatic nitrogens is 1. The molecule has 2 aliphatic heterocycles. The normalized spacial score (nSPS) is 18.3. The first-order valence-corrected chi connectivity index (χ1v) is 11.6. The van der Waals surface area contributed by atoms with Crippen LogP contribution in [0, 0.1) is 0 Å². The van der Waals surface area contributed by atoms with Crippen molar-refractivity contribution in [3.63, 3.8) is 0 Å². The molecule has 2 aliphatic rings. The number of imide groups is 1. The SMILES string of the molecule is O=C(CN1CCCC[C@@H]1c1nc2ccccc2s1)NC(=O)Nc1ccc2c(c1)OCCO2. The molecule has 0 aliphatic carbocycles. The first-order chi connectivity index (χ1) is 15.7. The fraction of sp³-hybridized carbons (Fsp3) is 0.348. The second kappa shape index (κ2) is 9.13. The lowest BCUT2D eigenvalue weighted by molar-refractivity contribution is -0.122. The van der Waals surface area contributed by atoms with Crippen molar-refractivity contribution in [1.29, 1.82) is 0 Å². The zero-order chi connectivity index (χ0) is 21.9. The molecule has 1 fully saturated rings. The summed E-state index contributed by atoms with van der Waals surface area (Å²) in [7, 11) is 0. The molecule has 0 bridgehead atoms. The van der Waals surface area contributed by atoms with Crippen LogP contribution in [0.15, 0.2) is 42.5 Å². The van der Waals surface area contributed by atoms with Gasteiger partial charge in [-0.1, -0.05) is 18.6 Å². The molecule has 2 aromatic carbocycles. The van der Waals surface area contributed by atoms with Crippen LogP contribution in [0.2, 0.25) is 0 Å². The Bertz CT molecular complexity index is 1110. The molecule has 0 spiro atoms. The molecule has 0 saturated carbocycles. The third-order valence-electron chi connectivity index (χ3n) is 5.61. The molecule has 8 nitrogen and oxygen atoms in total. The van der Waals surface area contributed by atoms with Crippen molar-refractivity contribution in [2.45, 2.75) is 25.3 Å². The number of carbonyl (C=O) groups excluding carboxylic acids is 2. The van der Waals surface area contributed by atoms with Crippen molar-refractivity contribution in [2.24, 2.45) is 0 Å². The molecule has 166 valence electrons. The number of nitrogens with zero attached hydrogens (tertiary/aromatic N) is 2. The van der Waals surface area contributed by atoms with Gasteiger partial charge < -0.3 is 14.8 Å². The van der Waals surface area contributed by atoms with Gasteiger partial charge in [-0.2, -0.15) is 0 Å². The van der Waals surface area contributed by atoms with E-state index < -0.39 is 6.03 Å². The molecule has 1 aromatic heterocycles. The number of nitrogens with one attached hydrogen (secondary N) is 2. The van der Waals surface area contributed by atoms with Crippen LogP contribution in [0.25, 0.3) is 10.2 Å². The van der Waals surface area contributed by atoms with Crippen molar-refractivity contribution >= 4 is 39.2 Å². The number of hydrogen-bond donors (Lipinski definition) is 2. The van der Waals surface area contributed by atoms with Gasteiger partial charge in [0.25, 0.3) is 0 Å². The number of hydrogen-bond acceptors (Lipinski definition) is 7.